The molecule has 2 atom stereocenters. The zero-order valence-electron chi connectivity index (χ0n) is 13.6. The van der Waals surface area contributed by atoms with Crippen molar-refractivity contribution in [3.05, 3.63) is 65.0 Å². The second-order valence-corrected chi connectivity index (χ2v) is 7.89. The predicted octanol–water partition coefficient (Wildman–Crippen LogP) is 4.67. The first-order chi connectivity index (χ1) is 12.4. The molecule has 2 aromatic carbocycles. The van der Waals surface area contributed by atoms with Gasteiger partial charge in [-0.05, 0) is 18.6 Å². The first-order valence-corrected chi connectivity index (χ1v) is 8.88. The highest BCUT2D eigenvalue weighted by molar-refractivity contribution is 6.52. The van der Waals surface area contributed by atoms with Crippen molar-refractivity contribution in [1.82, 2.24) is 0 Å². The SMILES string of the molecule is O=C(OCc1cc(F)cc2c1O[C@H](c1ccccc1)OC2)[C@H]1CC1(Cl)Cl. The standard InChI is InChI=1S/C19H15Cl2FO4/c20-19(21)8-15(19)17(23)24-9-12-6-14(22)7-13-10-25-18(26-16(12)13)11-4-2-1-3-5-11/h1-7,15,18H,8-10H2/t15-,18-/m1/s1. The first kappa shape index (κ1) is 17.6. The fraction of sp³-hybridized carbons (Fsp3) is 0.316. The van der Waals surface area contributed by atoms with Crippen LogP contribution in [0.15, 0.2) is 42.5 Å². The topological polar surface area (TPSA) is 44.8 Å². The summed E-state index contributed by atoms with van der Waals surface area (Å²) in [7, 11) is 0. The number of hydrogen-bond donors (Lipinski definition) is 0. The molecule has 1 saturated carbocycles. The van der Waals surface area contributed by atoms with E-state index in [1.807, 2.05) is 30.3 Å². The molecule has 1 heterocycles. The number of alkyl halides is 2. The molecule has 1 aliphatic carbocycles. The fourth-order valence-corrected chi connectivity index (χ4v) is 3.36. The van der Waals surface area contributed by atoms with Crippen LogP contribution in [0, 0.1) is 11.7 Å². The van der Waals surface area contributed by atoms with Gasteiger partial charge in [-0.2, -0.15) is 0 Å². The highest BCUT2D eigenvalue weighted by Crippen LogP contribution is 2.53. The van der Waals surface area contributed by atoms with E-state index in [2.05, 4.69) is 0 Å². The van der Waals surface area contributed by atoms with Crippen molar-refractivity contribution >= 4 is 29.2 Å². The van der Waals surface area contributed by atoms with Crippen molar-refractivity contribution in [2.75, 3.05) is 0 Å². The Bertz CT molecular complexity index is 841. The third kappa shape index (κ3) is 3.52. The summed E-state index contributed by atoms with van der Waals surface area (Å²) in [4.78, 5) is 12.0. The lowest BCUT2D eigenvalue weighted by atomic mass is 10.1. The van der Waals surface area contributed by atoms with Crippen LogP contribution < -0.4 is 4.74 Å². The van der Waals surface area contributed by atoms with Crippen LogP contribution in [0.2, 0.25) is 0 Å². The summed E-state index contributed by atoms with van der Waals surface area (Å²) < 4.78 is 29.7. The van der Waals surface area contributed by atoms with Gasteiger partial charge in [0.25, 0.3) is 0 Å². The van der Waals surface area contributed by atoms with Gasteiger partial charge in [0.05, 0.1) is 12.5 Å². The van der Waals surface area contributed by atoms with Crippen molar-refractivity contribution < 1.29 is 23.4 Å². The molecule has 0 spiro atoms. The molecule has 0 unspecified atom stereocenters. The van der Waals surface area contributed by atoms with Crippen LogP contribution in [0.25, 0.3) is 0 Å². The largest absolute Gasteiger partial charge is 0.460 e. The van der Waals surface area contributed by atoms with Gasteiger partial charge in [0, 0.05) is 16.7 Å². The maximum Gasteiger partial charge on any atom is 0.312 e. The molecule has 0 N–H and O–H groups in total. The number of ether oxygens (including phenoxy) is 3. The van der Waals surface area contributed by atoms with Crippen LogP contribution >= 0.6 is 23.2 Å². The van der Waals surface area contributed by atoms with E-state index in [-0.39, 0.29) is 13.2 Å². The molecule has 0 aromatic heterocycles. The Balaban J connectivity index is 1.53. The highest BCUT2D eigenvalue weighted by Gasteiger charge is 2.57. The zero-order valence-corrected chi connectivity index (χ0v) is 15.1. The Morgan fingerprint density at radius 2 is 2.00 bits per heavy atom. The zero-order chi connectivity index (χ0) is 18.3. The molecule has 4 rings (SSSR count). The van der Waals surface area contributed by atoms with E-state index in [1.165, 1.54) is 12.1 Å². The summed E-state index contributed by atoms with van der Waals surface area (Å²) in [6.45, 7) is 0.0729. The van der Waals surface area contributed by atoms with Crippen molar-refractivity contribution in [1.29, 1.82) is 0 Å². The molecule has 2 aromatic rings. The molecular formula is C19H15Cl2FO4. The summed E-state index contributed by atoms with van der Waals surface area (Å²) in [6.07, 6.45) is -0.248. The lowest BCUT2D eigenvalue weighted by Gasteiger charge is -2.28. The molecular weight excluding hydrogens is 382 g/mol. The third-order valence-electron chi connectivity index (χ3n) is 4.37. The van der Waals surface area contributed by atoms with Gasteiger partial charge < -0.3 is 14.2 Å². The summed E-state index contributed by atoms with van der Waals surface area (Å²) in [5.74, 6) is -1.02. The predicted molar refractivity (Wildman–Crippen MR) is 93.3 cm³/mol. The Labute approximate surface area is 159 Å². The number of carbonyl (C=O) groups excluding carboxylic acids is 1. The Kier molecular flexibility index (Phi) is 4.55. The Hall–Kier alpha value is -1.82. The van der Waals surface area contributed by atoms with Gasteiger partial charge in [-0.15, -0.1) is 23.2 Å². The van der Waals surface area contributed by atoms with Crippen molar-refractivity contribution in [2.24, 2.45) is 5.92 Å². The van der Waals surface area contributed by atoms with E-state index in [1.54, 1.807) is 0 Å². The number of benzene rings is 2. The average molecular weight is 397 g/mol. The number of hydrogen-bond acceptors (Lipinski definition) is 4. The number of halogens is 3. The molecule has 136 valence electrons. The quantitative estimate of drug-likeness (QED) is 0.556. The van der Waals surface area contributed by atoms with E-state index in [9.17, 15) is 9.18 Å². The van der Waals surface area contributed by atoms with Crippen molar-refractivity contribution in [2.45, 2.75) is 30.3 Å². The Morgan fingerprint density at radius 3 is 2.69 bits per heavy atom. The van der Waals surface area contributed by atoms with E-state index in [4.69, 9.17) is 37.4 Å². The number of carbonyl (C=O) groups is 1. The number of fused-ring (bicyclic) bond motifs is 1. The molecule has 0 amide bonds. The number of rotatable bonds is 4. The molecule has 1 fully saturated rings. The van der Waals surface area contributed by atoms with E-state index >= 15 is 0 Å². The van der Waals surface area contributed by atoms with Crippen LogP contribution in [0.5, 0.6) is 5.75 Å². The lowest BCUT2D eigenvalue weighted by molar-refractivity contribution is -0.146. The van der Waals surface area contributed by atoms with Gasteiger partial charge in [0.2, 0.25) is 6.29 Å². The molecule has 2 aliphatic rings. The van der Waals surface area contributed by atoms with Crippen molar-refractivity contribution in [3.8, 4) is 5.75 Å². The third-order valence-corrected chi connectivity index (χ3v) is 5.21. The molecule has 26 heavy (non-hydrogen) atoms. The molecule has 0 radical (unpaired) electrons. The summed E-state index contributed by atoms with van der Waals surface area (Å²) in [6, 6.07) is 12.1. The molecule has 0 saturated heterocycles. The summed E-state index contributed by atoms with van der Waals surface area (Å²) in [5.41, 5.74) is 1.85. The van der Waals surface area contributed by atoms with Gasteiger partial charge in [0.15, 0.2) is 0 Å². The highest BCUT2D eigenvalue weighted by atomic mass is 35.5. The molecule has 0 bridgehead atoms. The average Bonchev–Trinajstić information content (AvgIpc) is 3.28. The first-order valence-electron chi connectivity index (χ1n) is 8.13. The van der Waals surface area contributed by atoms with Crippen LogP contribution in [0.4, 0.5) is 4.39 Å². The second kappa shape index (κ2) is 6.72. The minimum atomic E-state index is -1.05. The normalized spacial score (nSPS) is 22.9. The maximum atomic E-state index is 13.9. The summed E-state index contributed by atoms with van der Waals surface area (Å²) in [5, 5.41) is 0. The van der Waals surface area contributed by atoms with Gasteiger partial charge in [-0.1, -0.05) is 30.3 Å². The lowest BCUT2D eigenvalue weighted by Crippen LogP contribution is -2.20. The molecule has 4 nitrogen and oxygen atoms in total. The van der Waals surface area contributed by atoms with E-state index in [0.29, 0.717) is 23.3 Å². The second-order valence-electron chi connectivity index (χ2n) is 6.35. The molecule has 1 aliphatic heterocycles. The van der Waals surface area contributed by atoms with E-state index < -0.39 is 28.3 Å². The van der Waals surface area contributed by atoms with Crippen LogP contribution in [-0.4, -0.2) is 10.3 Å². The van der Waals surface area contributed by atoms with Crippen LogP contribution in [-0.2, 0) is 27.5 Å². The van der Waals surface area contributed by atoms with Crippen molar-refractivity contribution in [3.63, 3.8) is 0 Å². The molecule has 7 heteroatoms. The monoisotopic (exact) mass is 396 g/mol. The summed E-state index contributed by atoms with van der Waals surface area (Å²) >= 11 is 11.7. The van der Waals surface area contributed by atoms with E-state index in [0.717, 1.165) is 5.56 Å². The minimum absolute atomic E-state index is 0.124. The van der Waals surface area contributed by atoms with Gasteiger partial charge in [0.1, 0.15) is 22.5 Å². The van der Waals surface area contributed by atoms with Gasteiger partial charge >= 0.3 is 5.97 Å². The van der Waals surface area contributed by atoms with Crippen LogP contribution in [0.3, 0.4) is 0 Å². The fourth-order valence-electron chi connectivity index (χ4n) is 2.88. The van der Waals surface area contributed by atoms with Crippen LogP contribution in [0.1, 0.15) is 29.4 Å². The smallest absolute Gasteiger partial charge is 0.312 e. The number of esters is 1. The minimum Gasteiger partial charge on any atom is -0.460 e. The van der Waals surface area contributed by atoms with Gasteiger partial charge in [-0.25, -0.2) is 4.39 Å². The Morgan fingerprint density at radius 1 is 1.27 bits per heavy atom. The maximum absolute atomic E-state index is 13.9. The van der Waals surface area contributed by atoms with Gasteiger partial charge in [-0.3, -0.25) is 4.79 Å².